The van der Waals surface area contributed by atoms with Gasteiger partial charge in [0, 0.05) is 6.42 Å². The number of ether oxygens (including phenoxy) is 3. The Hall–Kier alpha value is -0.650. The highest BCUT2D eigenvalue weighted by atomic mass is 16.6. The average molecular weight is 285 g/mol. The number of nitrogens with one attached hydrogen (secondary N) is 1. The van der Waals surface area contributed by atoms with Crippen molar-refractivity contribution in [3.05, 3.63) is 0 Å². The molecule has 2 heterocycles. The van der Waals surface area contributed by atoms with Crippen LogP contribution in [0.15, 0.2) is 0 Å². The maximum absolute atomic E-state index is 11.9. The number of carbonyl (C=O) groups is 1. The molecule has 0 radical (unpaired) electrons. The van der Waals surface area contributed by atoms with Crippen LogP contribution in [0, 0.1) is 0 Å². The van der Waals surface area contributed by atoms with Crippen LogP contribution in [0.4, 0.5) is 0 Å². The van der Waals surface area contributed by atoms with Crippen molar-refractivity contribution >= 4 is 5.97 Å². The van der Waals surface area contributed by atoms with Gasteiger partial charge in [0.1, 0.15) is 0 Å². The van der Waals surface area contributed by atoms with Gasteiger partial charge in [-0.15, -0.1) is 0 Å². The molecular weight excluding hydrogens is 258 g/mol. The van der Waals surface area contributed by atoms with Gasteiger partial charge in [-0.25, -0.2) is 4.79 Å². The monoisotopic (exact) mass is 285 g/mol. The van der Waals surface area contributed by atoms with Crippen LogP contribution in [0.2, 0.25) is 0 Å². The van der Waals surface area contributed by atoms with Crippen LogP contribution in [0.5, 0.6) is 0 Å². The molecule has 2 rings (SSSR count). The molecule has 5 heteroatoms. The molecule has 0 aliphatic carbocycles. The summed E-state index contributed by atoms with van der Waals surface area (Å²) in [5, 5.41) is 3.35. The minimum atomic E-state index is -0.439. The lowest BCUT2D eigenvalue weighted by Gasteiger charge is -2.32. The molecular formula is C15H27NO4. The van der Waals surface area contributed by atoms with Gasteiger partial charge in [-0.05, 0) is 39.3 Å². The van der Waals surface area contributed by atoms with Gasteiger partial charge < -0.3 is 19.5 Å². The normalized spacial score (nSPS) is 26.6. The lowest BCUT2D eigenvalue weighted by molar-refractivity contribution is -0.161. The van der Waals surface area contributed by atoms with Crippen LogP contribution in [-0.4, -0.2) is 50.1 Å². The molecule has 116 valence electrons. The first-order valence-electron chi connectivity index (χ1n) is 7.86. The molecule has 1 spiro atoms. The fourth-order valence-corrected chi connectivity index (χ4v) is 3.09. The third-order valence-corrected chi connectivity index (χ3v) is 4.15. The molecule has 0 aromatic heterocycles. The molecule has 2 atom stereocenters. The van der Waals surface area contributed by atoms with E-state index in [1.54, 1.807) is 0 Å². The van der Waals surface area contributed by atoms with Crippen LogP contribution in [0.25, 0.3) is 0 Å². The van der Waals surface area contributed by atoms with E-state index in [-0.39, 0.29) is 17.7 Å². The number of hydrogen-bond donors (Lipinski definition) is 1. The van der Waals surface area contributed by atoms with Crippen molar-refractivity contribution in [2.24, 2.45) is 0 Å². The van der Waals surface area contributed by atoms with Crippen LogP contribution in [0.3, 0.4) is 0 Å². The zero-order valence-electron chi connectivity index (χ0n) is 12.7. The third-order valence-electron chi connectivity index (χ3n) is 4.15. The lowest BCUT2D eigenvalue weighted by Crippen LogP contribution is -2.42. The molecule has 0 aromatic carbocycles. The van der Waals surface area contributed by atoms with Crippen LogP contribution >= 0.6 is 0 Å². The van der Waals surface area contributed by atoms with Crippen LogP contribution in [0.1, 0.15) is 46.0 Å². The Balaban J connectivity index is 1.86. The maximum atomic E-state index is 11.9. The Bertz CT molecular complexity index is 315. The zero-order valence-corrected chi connectivity index (χ0v) is 12.7. The molecule has 2 saturated heterocycles. The van der Waals surface area contributed by atoms with E-state index in [0.717, 1.165) is 38.8 Å². The molecule has 2 fully saturated rings. The van der Waals surface area contributed by atoms with Crippen molar-refractivity contribution < 1.29 is 19.0 Å². The summed E-state index contributed by atoms with van der Waals surface area (Å²) in [6.45, 7) is 6.88. The summed E-state index contributed by atoms with van der Waals surface area (Å²) in [5.41, 5.74) is -0.0264. The molecule has 5 nitrogen and oxygen atoms in total. The summed E-state index contributed by atoms with van der Waals surface area (Å²) < 4.78 is 17.1. The van der Waals surface area contributed by atoms with Crippen molar-refractivity contribution in [1.29, 1.82) is 0 Å². The fraction of sp³-hybridized carbons (Fsp3) is 0.933. The second-order valence-corrected chi connectivity index (χ2v) is 5.74. The topological polar surface area (TPSA) is 56.8 Å². The van der Waals surface area contributed by atoms with Gasteiger partial charge in [0.25, 0.3) is 0 Å². The highest BCUT2D eigenvalue weighted by molar-refractivity contribution is 5.74. The second kappa shape index (κ2) is 7.38. The molecule has 0 saturated carbocycles. The van der Waals surface area contributed by atoms with Gasteiger partial charge in [-0.2, -0.15) is 0 Å². The Morgan fingerprint density at radius 2 is 2.15 bits per heavy atom. The van der Waals surface area contributed by atoms with Gasteiger partial charge in [-0.1, -0.05) is 13.3 Å². The van der Waals surface area contributed by atoms with Gasteiger partial charge in [0.15, 0.2) is 6.10 Å². The molecule has 2 unspecified atom stereocenters. The largest absolute Gasteiger partial charge is 0.464 e. The Kier molecular flexibility index (Phi) is 5.81. The molecule has 20 heavy (non-hydrogen) atoms. The highest BCUT2D eigenvalue weighted by Crippen LogP contribution is 2.35. The van der Waals surface area contributed by atoms with Gasteiger partial charge in [0.05, 0.1) is 24.9 Å². The van der Waals surface area contributed by atoms with E-state index in [9.17, 15) is 4.79 Å². The standard InChI is InChI=1S/C15H27NO4/c1-3-5-13(14(17)18-4-2)20-12-10-15(19-11-12)6-8-16-9-7-15/h12-13,16H,3-11H2,1-2H3. The van der Waals surface area contributed by atoms with Crippen LogP contribution in [-0.2, 0) is 19.0 Å². The van der Waals surface area contributed by atoms with E-state index in [4.69, 9.17) is 14.2 Å². The Morgan fingerprint density at radius 1 is 1.40 bits per heavy atom. The van der Waals surface area contributed by atoms with E-state index < -0.39 is 6.10 Å². The van der Waals surface area contributed by atoms with Crippen LogP contribution < -0.4 is 5.32 Å². The summed E-state index contributed by atoms with van der Waals surface area (Å²) >= 11 is 0. The first-order chi connectivity index (χ1) is 9.69. The number of hydrogen-bond acceptors (Lipinski definition) is 5. The van der Waals surface area contributed by atoms with Gasteiger partial charge >= 0.3 is 5.97 Å². The summed E-state index contributed by atoms with van der Waals surface area (Å²) in [5.74, 6) is -0.236. The smallest absolute Gasteiger partial charge is 0.335 e. The van der Waals surface area contributed by atoms with Crippen molar-refractivity contribution in [2.75, 3.05) is 26.3 Å². The predicted octanol–water partition coefficient (Wildman–Crippen LogP) is 1.65. The quantitative estimate of drug-likeness (QED) is 0.752. The summed E-state index contributed by atoms with van der Waals surface area (Å²) in [7, 11) is 0. The predicted molar refractivity (Wildman–Crippen MR) is 75.6 cm³/mol. The van der Waals surface area contributed by atoms with E-state index in [1.165, 1.54) is 0 Å². The zero-order chi connectivity index (χ0) is 14.4. The second-order valence-electron chi connectivity index (χ2n) is 5.74. The van der Waals surface area contributed by atoms with Crippen molar-refractivity contribution in [2.45, 2.75) is 63.8 Å². The lowest BCUT2D eigenvalue weighted by atomic mass is 9.89. The Labute approximate surface area is 121 Å². The molecule has 0 bridgehead atoms. The third kappa shape index (κ3) is 3.93. The Morgan fingerprint density at radius 3 is 2.80 bits per heavy atom. The first-order valence-corrected chi connectivity index (χ1v) is 7.86. The number of carbonyl (C=O) groups excluding carboxylic acids is 1. The number of rotatable bonds is 6. The molecule has 1 N–H and O–H groups in total. The number of esters is 1. The molecule has 0 amide bonds. The summed E-state index contributed by atoms with van der Waals surface area (Å²) in [6, 6.07) is 0. The summed E-state index contributed by atoms with van der Waals surface area (Å²) in [6.07, 6.45) is 4.17. The minimum absolute atomic E-state index is 0.0223. The average Bonchev–Trinajstić information content (AvgIpc) is 2.82. The van der Waals surface area contributed by atoms with Crippen molar-refractivity contribution in [3.63, 3.8) is 0 Å². The molecule has 0 aromatic rings. The minimum Gasteiger partial charge on any atom is -0.464 e. The highest BCUT2D eigenvalue weighted by Gasteiger charge is 2.42. The SMILES string of the molecule is CCCC(OC1COC2(CCNCC2)C1)C(=O)OCC. The van der Waals surface area contributed by atoms with Gasteiger partial charge in [-0.3, -0.25) is 0 Å². The fourth-order valence-electron chi connectivity index (χ4n) is 3.09. The van der Waals surface area contributed by atoms with Crippen molar-refractivity contribution in [1.82, 2.24) is 5.32 Å². The van der Waals surface area contributed by atoms with Crippen molar-refractivity contribution in [3.8, 4) is 0 Å². The first kappa shape index (κ1) is 15.7. The van der Waals surface area contributed by atoms with Gasteiger partial charge in [0.2, 0.25) is 0 Å². The number of piperidine rings is 1. The van der Waals surface area contributed by atoms with E-state index in [1.807, 2.05) is 6.92 Å². The maximum Gasteiger partial charge on any atom is 0.335 e. The summed E-state index contributed by atoms with van der Waals surface area (Å²) in [4.78, 5) is 11.9. The van der Waals surface area contributed by atoms with E-state index >= 15 is 0 Å². The van der Waals surface area contributed by atoms with E-state index in [0.29, 0.717) is 19.6 Å². The molecule has 2 aliphatic rings. The molecule has 2 aliphatic heterocycles. The van der Waals surface area contributed by atoms with E-state index in [2.05, 4.69) is 12.2 Å².